The maximum Gasteiger partial charge on any atom is 0.416 e. The van der Waals surface area contributed by atoms with Gasteiger partial charge in [-0.05, 0) is 61.6 Å². The average molecular weight is 575 g/mol. The van der Waals surface area contributed by atoms with Crippen molar-refractivity contribution in [3.63, 3.8) is 0 Å². The summed E-state index contributed by atoms with van der Waals surface area (Å²) in [5.41, 5.74) is -3.44. The van der Waals surface area contributed by atoms with Gasteiger partial charge in [-0.15, -0.1) is 0 Å². The molecule has 0 unspecified atom stereocenters. The van der Waals surface area contributed by atoms with Crippen LogP contribution in [0, 0.1) is 23.7 Å². The Kier molecular flexibility index (Phi) is 12.1. The first-order valence-corrected chi connectivity index (χ1v) is 15.2. The van der Waals surface area contributed by atoms with E-state index in [1.807, 2.05) is 0 Å². The number of Topliss-reactive ketones (excluding diaryl/α,β-unsaturated/α-hetero) is 2. The molecule has 0 spiro atoms. The van der Waals surface area contributed by atoms with Gasteiger partial charge in [0, 0.05) is 24.3 Å². The van der Waals surface area contributed by atoms with Crippen LogP contribution in [0.25, 0.3) is 0 Å². The van der Waals surface area contributed by atoms with Gasteiger partial charge in [-0.3, -0.25) is 9.59 Å². The van der Waals surface area contributed by atoms with Gasteiger partial charge in [-0.1, -0.05) is 77.6 Å². The van der Waals surface area contributed by atoms with E-state index in [2.05, 4.69) is 6.92 Å². The summed E-state index contributed by atoms with van der Waals surface area (Å²) in [4.78, 5) is 24.8. The van der Waals surface area contributed by atoms with Crippen molar-refractivity contribution in [1.82, 2.24) is 0 Å². The minimum atomic E-state index is -4.96. The van der Waals surface area contributed by atoms with E-state index in [9.17, 15) is 35.9 Å². The Balaban J connectivity index is 1.28. The number of benzene rings is 1. The Morgan fingerprint density at radius 2 is 1.12 bits per heavy atom. The molecule has 0 heterocycles. The van der Waals surface area contributed by atoms with Crippen molar-refractivity contribution >= 4 is 11.6 Å². The molecule has 0 aromatic heterocycles. The van der Waals surface area contributed by atoms with Gasteiger partial charge in [0.05, 0.1) is 11.1 Å². The molecule has 8 heteroatoms. The summed E-state index contributed by atoms with van der Waals surface area (Å²) < 4.78 is 78.3. The number of alkyl halides is 6. The Morgan fingerprint density at radius 3 is 1.62 bits per heavy atom. The number of unbranched alkanes of at least 4 members (excludes halogenated alkanes) is 3. The highest BCUT2D eigenvalue weighted by atomic mass is 19.4. The smallest absolute Gasteiger partial charge is 0.299 e. The lowest BCUT2D eigenvalue weighted by Crippen LogP contribution is -2.20. The lowest BCUT2D eigenvalue weighted by Gasteiger charge is -2.28. The second-order valence-corrected chi connectivity index (χ2v) is 12.4. The summed E-state index contributed by atoms with van der Waals surface area (Å²) in [6.07, 6.45) is 6.45. The van der Waals surface area contributed by atoms with Crippen LogP contribution in [0.15, 0.2) is 18.2 Å². The van der Waals surface area contributed by atoms with Crippen LogP contribution in [0.4, 0.5) is 26.3 Å². The largest absolute Gasteiger partial charge is 0.416 e. The molecule has 2 aliphatic rings. The molecule has 2 aliphatic carbocycles. The molecule has 0 amide bonds. The molecule has 0 N–H and O–H groups in total. The number of hydrogen-bond donors (Lipinski definition) is 0. The highest BCUT2D eigenvalue weighted by Gasteiger charge is 2.37. The molecule has 40 heavy (non-hydrogen) atoms. The van der Waals surface area contributed by atoms with Crippen molar-refractivity contribution in [2.75, 3.05) is 0 Å². The predicted octanol–water partition coefficient (Wildman–Crippen LogP) is 10.6. The fourth-order valence-electron chi connectivity index (χ4n) is 6.48. The Hall–Kier alpha value is -1.86. The highest BCUT2D eigenvalue weighted by Crippen LogP contribution is 2.37. The van der Waals surface area contributed by atoms with Gasteiger partial charge in [-0.25, -0.2) is 0 Å². The number of carbonyl (C=O) groups excluding carboxylic acids is 2. The quantitative estimate of drug-likeness (QED) is 0.133. The van der Waals surface area contributed by atoms with Gasteiger partial charge >= 0.3 is 12.4 Å². The van der Waals surface area contributed by atoms with E-state index in [-0.39, 0.29) is 12.5 Å². The molecule has 1 aromatic carbocycles. The van der Waals surface area contributed by atoms with Gasteiger partial charge in [0.25, 0.3) is 0 Å². The minimum Gasteiger partial charge on any atom is -0.299 e. The van der Waals surface area contributed by atoms with Gasteiger partial charge in [0.2, 0.25) is 0 Å². The zero-order valence-corrected chi connectivity index (χ0v) is 23.6. The van der Waals surface area contributed by atoms with Crippen LogP contribution in [0.2, 0.25) is 0 Å². The molecule has 226 valence electrons. The van der Waals surface area contributed by atoms with Crippen LogP contribution in [-0.4, -0.2) is 11.6 Å². The maximum absolute atomic E-state index is 13.1. The molecule has 0 saturated heterocycles. The Morgan fingerprint density at radius 1 is 0.650 bits per heavy atom. The zero-order chi connectivity index (χ0) is 29.3. The van der Waals surface area contributed by atoms with Crippen molar-refractivity contribution < 1.29 is 35.9 Å². The topological polar surface area (TPSA) is 34.1 Å². The number of halogens is 6. The Labute approximate surface area is 234 Å². The molecule has 3 rings (SSSR count). The molecule has 0 radical (unpaired) electrons. The van der Waals surface area contributed by atoms with Crippen molar-refractivity contribution in [2.45, 2.75) is 128 Å². The summed E-state index contributed by atoms with van der Waals surface area (Å²) in [5.74, 6) is 2.13. The standard InChI is InChI=1S/C32H44F6O2/c1-22-11-17-25(18-12-22)29(39)9-4-2-3-7-23-13-15-24(16-14-23)8-5-6-10-30(40)26-19-27(31(33,34)35)21-28(20-26)32(36,37)38/h19-25H,2-18H2,1H3/t22-,23?,24?,25-. The van der Waals surface area contributed by atoms with E-state index in [4.69, 9.17) is 0 Å². The fourth-order valence-corrected chi connectivity index (χ4v) is 6.48. The van der Waals surface area contributed by atoms with Gasteiger partial charge in [-0.2, -0.15) is 26.3 Å². The second kappa shape index (κ2) is 14.9. The van der Waals surface area contributed by atoms with Crippen LogP contribution in [0.1, 0.15) is 138 Å². The van der Waals surface area contributed by atoms with Gasteiger partial charge in [0.15, 0.2) is 5.78 Å². The first-order chi connectivity index (χ1) is 18.8. The normalized spacial score (nSPS) is 24.2. The molecular weight excluding hydrogens is 530 g/mol. The third-order valence-corrected chi connectivity index (χ3v) is 9.15. The number of rotatable bonds is 13. The SMILES string of the molecule is C[C@H]1CC[C@H](C(=O)CCCCCC2CCC(CCCCC(=O)c3cc(C(F)(F)F)cc(C(F)(F)F)c3)CC2)CC1. The minimum absolute atomic E-state index is 0.0482. The van der Waals surface area contributed by atoms with Crippen LogP contribution in [-0.2, 0) is 17.1 Å². The summed E-state index contributed by atoms with van der Waals surface area (Å²) in [6.45, 7) is 2.27. The zero-order valence-electron chi connectivity index (χ0n) is 23.6. The summed E-state index contributed by atoms with van der Waals surface area (Å²) in [7, 11) is 0. The van der Waals surface area contributed by atoms with Crippen LogP contribution in [0.5, 0.6) is 0 Å². The number of ketones is 2. The van der Waals surface area contributed by atoms with E-state index >= 15 is 0 Å². The van der Waals surface area contributed by atoms with Crippen LogP contribution < -0.4 is 0 Å². The van der Waals surface area contributed by atoms with Gasteiger partial charge < -0.3 is 0 Å². The van der Waals surface area contributed by atoms with E-state index in [1.165, 1.54) is 32.1 Å². The van der Waals surface area contributed by atoms with Crippen molar-refractivity contribution in [3.8, 4) is 0 Å². The van der Waals surface area contributed by atoms with Crippen LogP contribution in [0.3, 0.4) is 0 Å². The molecule has 2 saturated carbocycles. The second-order valence-electron chi connectivity index (χ2n) is 12.4. The number of carbonyl (C=O) groups is 2. The predicted molar refractivity (Wildman–Crippen MR) is 144 cm³/mol. The fraction of sp³-hybridized carbons (Fsp3) is 0.750. The average Bonchev–Trinajstić information content (AvgIpc) is 2.90. The first-order valence-electron chi connectivity index (χ1n) is 15.2. The third-order valence-electron chi connectivity index (χ3n) is 9.15. The highest BCUT2D eigenvalue weighted by molar-refractivity contribution is 5.96. The third kappa shape index (κ3) is 10.5. The van der Waals surface area contributed by atoms with E-state index in [0.29, 0.717) is 36.2 Å². The maximum atomic E-state index is 13.1. The molecule has 2 nitrogen and oxygen atoms in total. The summed E-state index contributed by atoms with van der Waals surface area (Å²) in [6, 6.07) is 1.09. The van der Waals surface area contributed by atoms with E-state index in [0.717, 1.165) is 76.0 Å². The molecule has 0 aliphatic heterocycles. The lowest BCUT2D eigenvalue weighted by molar-refractivity contribution is -0.143. The summed E-state index contributed by atoms with van der Waals surface area (Å²) >= 11 is 0. The molecule has 1 aromatic rings. The lowest BCUT2D eigenvalue weighted by atomic mass is 9.77. The van der Waals surface area contributed by atoms with Crippen LogP contribution >= 0.6 is 0 Å². The summed E-state index contributed by atoms with van der Waals surface area (Å²) in [5, 5.41) is 0. The monoisotopic (exact) mass is 574 g/mol. The molecule has 0 bridgehead atoms. The first kappa shape index (κ1) is 32.7. The number of hydrogen-bond acceptors (Lipinski definition) is 2. The van der Waals surface area contributed by atoms with Crippen molar-refractivity contribution in [2.24, 2.45) is 23.7 Å². The van der Waals surface area contributed by atoms with Gasteiger partial charge in [0.1, 0.15) is 5.78 Å². The molecular formula is C32H44F6O2. The Bertz CT molecular complexity index is 919. The molecule has 2 fully saturated rings. The van der Waals surface area contributed by atoms with E-state index in [1.54, 1.807) is 0 Å². The molecule has 0 atom stereocenters. The van der Waals surface area contributed by atoms with Crippen molar-refractivity contribution in [3.05, 3.63) is 34.9 Å². The van der Waals surface area contributed by atoms with Crippen molar-refractivity contribution in [1.29, 1.82) is 0 Å². The van der Waals surface area contributed by atoms with E-state index < -0.39 is 34.8 Å².